The standard InChI is InChI=1S/C13H12FNO/c1-10-4-2-5-11(8-10)9-16-12-6-3-7-15-13(12)14/h2-8H,9H2,1H3. The lowest BCUT2D eigenvalue weighted by molar-refractivity contribution is 0.286. The lowest BCUT2D eigenvalue weighted by Crippen LogP contribution is -1.98. The third-order valence-electron chi connectivity index (χ3n) is 2.20. The van der Waals surface area contributed by atoms with E-state index in [9.17, 15) is 4.39 Å². The fraction of sp³-hybridized carbons (Fsp3) is 0.154. The quantitative estimate of drug-likeness (QED) is 0.737. The predicted molar refractivity (Wildman–Crippen MR) is 59.7 cm³/mol. The number of aromatic nitrogens is 1. The molecule has 16 heavy (non-hydrogen) atoms. The molecular weight excluding hydrogens is 205 g/mol. The SMILES string of the molecule is Cc1cccc(COc2cccnc2F)c1. The van der Waals surface area contributed by atoms with Crippen molar-refractivity contribution >= 4 is 0 Å². The third kappa shape index (κ3) is 2.57. The molecule has 0 amide bonds. The number of aryl methyl sites for hydroxylation is 1. The molecule has 0 N–H and O–H groups in total. The number of hydrogen-bond donors (Lipinski definition) is 0. The minimum Gasteiger partial charge on any atom is -0.484 e. The Hall–Kier alpha value is -1.90. The number of benzene rings is 1. The van der Waals surface area contributed by atoms with Crippen LogP contribution in [0.25, 0.3) is 0 Å². The molecule has 1 heterocycles. The van der Waals surface area contributed by atoms with Gasteiger partial charge in [0.1, 0.15) is 6.61 Å². The molecule has 0 fully saturated rings. The molecule has 1 aromatic carbocycles. The lowest BCUT2D eigenvalue weighted by atomic mass is 10.1. The fourth-order valence-corrected chi connectivity index (χ4v) is 1.44. The van der Waals surface area contributed by atoms with Crippen molar-refractivity contribution in [2.75, 3.05) is 0 Å². The second-order valence-electron chi connectivity index (χ2n) is 3.57. The topological polar surface area (TPSA) is 22.1 Å². The summed E-state index contributed by atoms with van der Waals surface area (Å²) in [6.45, 7) is 2.36. The van der Waals surface area contributed by atoms with E-state index in [2.05, 4.69) is 4.98 Å². The van der Waals surface area contributed by atoms with E-state index in [0.717, 1.165) is 11.1 Å². The number of hydrogen-bond acceptors (Lipinski definition) is 2. The van der Waals surface area contributed by atoms with Crippen LogP contribution in [0.5, 0.6) is 5.75 Å². The van der Waals surface area contributed by atoms with Crippen LogP contribution in [0, 0.1) is 12.9 Å². The zero-order valence-corrected chi connectivity index (χ0v) is 8.98. The van der Waals surface area contributed by atoms with E-state index in [0.29, 0.717) is 6.61 Å². The number of pyridine rings is 1. The summed E-state index contributed by atoms with van der Waals surface area (Å²) in [5.41, 5.74) is 2.18. The van der Waals surface area contributed by atoms with Crippen LogP contribution in [0.1, 0.15) is 11.1 Å². The summed E-state index contributed by atoms with van der Waals surface area (Å²) in [5.74, 6) is -0.390. The van der Waals surface area contributed by atoms with Crippen molar-refractivity contribution in [2.24, 2.45) is 0 Å². The Labute approximate surface area is 93.7 Å². The zero-order valence-electron chi connectivity index (χ0n) is 8.98. The Balaban J connectivity index is 2.05. The van der Waals surface area contributed by atoms with Crippen molar-refractivity contribution in [3.63, 3.8) is 0 Å². The Morgan fingerprint density at radius 2 is 2.12 bits per heavy atom. The summed E-state index contributed by atoms with van der Waals surface area (Å²) in [6, 6.07) is 11.1. The Kier molecular flexibility index (Phi) is 3.15. The molecule has 3 heteroatoms. The fourth-order valence-electron chi connectivity index (χ4n) is 1.44. The van der Waals surface area contributed by atoms with Gasteiger partial charge < -0.3 is 4.74 Å². The first-order chi connectivity index (χ1) is 7.75. The molecule has 0 atom stereocenters. The highest BCUT2D eigenvalue weighted by atomic mass is 19.1. The first-order valence-electron chi connectivity index (χ1n) is 5.04. The van der Waals surface area contributed by atoms with Gasteiger partial charge in [0, 0.05) is 6.20 Å². The van der Waals surface area contributed by atoms with E-state index in [4.69, 9.17) is 4.74 Å². The van der Waals surface area contributed by atoms with Crippen molar-refractivity contribution in [3.05, 3.63) is 59.7 Å². The number of nitrogens with zero attached hydrogens (tertiary/aromatic N) is 1. The van der Waals surface area contributed by atoms with Crippen LogP contribution in [0.4, 0.5) is 4.39 Å². The molecule has 0 aliphatic heterocycles. The summed E-state index contributed by atoms with van der Waals surface area (Å²) in [5, 5.41) is 0. The van der Waals surface area contributed by atoms with Crippen LogP contribution in [-0.2, 0) is 6.61 Å². The van der Waals surface area contributed by atoms with E-state index >= 15 is 0 Å². The van der Waals surface area contributed by atoms with Crippen molar-refractivity contribution in [3.8, 4) is 5.75 Å². The van der Waals surface area contributed by atoms with Crippen LogP contribution in [0.3, 0.4) is 0 Å². The maximum absolute atomic E-state index is 13.1. The molecule has 1 aromatic heterocycles. The molecule has 0 aliphatic carbocycles. The molecule has 2 rings (SSSR count). The van der Waals surface area contributed by atoms with Gasteiger partial charge in [0.25, 0.3) is 5.95 Å². The monoisotopic (exact) mass is 217 g/mol. The highest BCUT2D eigenvalue weighted by molar-refractivity contribution is 5.23. The Bertz CT molecular complexity index is 485. The largest absolute Gasteiger partial charge is 0.484 e. The molecule has 2 aromatic rings. The number of ether oxygens (including phenoxy) is 1. The molecule has 0 bridgehead atoms. The van der Waals surface area contributed by atoms with E-state index in [1.807, 2.05) is 31.2 Å². The first-order valence-corrected chi connectivity index (χ1v) is 5.04. The van der Waals surface area contributed by atoms with Gasteiger partial charge in [-0.3, -0.25) is 0 Å². The zero-order chi connectivity index (χ0) is 11.4. The van der Waals surface area contributed by atoms with Gasteiger partial charge in [-0.15, -0.1) is 0 Å². The maximum atomic E-state index is 13.1. The minimum atomic E-state index is -0.574. The van der Waals surface area contributed by atoms with Gasteiger partial charge in [0.15, 0.2) is 5.75 Å². The first kappa shape index (κ1) is 10.6. The lowest BCUT2D eigenvalue weighted by Gasteiger charge is -2.06. The molecule has 0 saturated carbocycles. The maximum Gasteiger partial charge on any atom is 0.255 e. The van der Waals surface area contributed by atoms with E-state index in [1.54, 1.807) is 12.1 Å². The van der Waals surface area contributed by atoms with Crippen molar-refractivity contribution in [1.82, 2.24) is 4.98 Å². The summed E-state index contributed by atoms with van der Waals surface area (Å²) < 4.78 is 18.5. The van der Waals surface area contributed by atoms with Gasteiger partial charge in [-0.05, 0) is 24.6 Å². The van der Waals surface area contributed by atoms with Crippen molar-refractivity contribution < 1.29 is 9.13 Å². The second kappa shape index (κ2) is 4.75. The van der Waals surface area contributed by atoms with E-state index < -0.39 is 5.95 Å². The summed E-state index contributed by atoms with van der Waals surface area (Å²) in [6.07, 6.45) is 1.40. The van der Waals surface area contributed by atoms with E-state index in [-0.39, 0.29) is 5.75 Å². The average Bonchev–Trinajstić information content (AvgIpc) is 2.28. The average molecular weight is 217 g/mol. The molecule has 2 nitrogen and oxygen atoms in total. The normalized spacial score (nSPS) is 10.1. The second-order valence-corrected chi connectivity index (χ2v) is 3.57. The summed E-state index contributed by atoms with van der Waals surface area (Å²) in [4.78, 5) is 3.52. The molecule has 82 valence electrons. The van der Waals surface area contributed by atoms with E-state index in [1.165, 1.54) is 6.20 Å². The Morgan fingerprint density at radius 1 is 1.25 bits per heavy atom. The van der Waals surface area contributed by atoms with Crippen molar-refractivity contribution in [2.45, 2.75) is 13.5 Å². The third-order valence-corrected chi connectivity index (χ3v) is 2.20. The molecule has 0 saturated heterocycles. The van der Waals surface area contributed by atoms with Crippen LogP contribution < -0.4 is 4.74 Å². The van der Waals surface area contributed by atoms with Crippen LogP contribution in [-0.4, -0.2) is 4.98 Å². The van der Waals surface area contributed by atoms with Gasteiger partial charge in [0.05, 0.1) is 0 Å². The summed E-state index contributed by atoms with van der Waals surface area (Å²) in [7, 11) is 0. The highest BCUT2D eigenvalue weighted by Gasteiger charge is 2.02. The van der Waals surface area contributed by atoms with Crippen LogP contribution in [0.2, 0.25) is 0 Å². The molecule has 0 aliphatic rings. The Morgan fingerprint density at radius 3 is 2.88 bits per heavy atom. The molecular formula is C13H12FNO. The minimum absolute atomic E-state index is 0.184. The van der Waals surface area contributed by atoms with Gasteiger partial charge in [-0.2, -0.15) is 4.39 Å². The molecule has 0 unspecified atom stereocenters. The predicted octanol–water partition coefficient (Wildman–Crippen LogP) is 3.11. The van der Waals surface area contributed by atoms with Crippen LogP contribution in [0.15, 0.2) is 42.6 Å². The molecule has 0 spiro atoms. The van der Waals surface area contributed by atoms with Crippen molar-refractivity contribution in [1.29, 1.82) is 0 Å². The number of halogens is 1. The van der Waals surface area contributed by atoms with Gasteiger partial charge >= 0.3 is 0 Å². The van der Waals surface area contributed by atoms with Gasteiger partial charge in [-0.1, -0.05) is 29.8 Å². The summed E-state index contributed by atoms with van der Waals surface area (Å²) >= 11 is 0. The van der Waals surface area contributed by atoms with Crippen LogP contribution >= 0.6 is 0 Å². The number of rotatable bonds is 3. The highest BCUT2D eigenvalue weighted by Crippen LogP contribution is 2.15. The van der Waals surface area contributed by atoms with Gasteiger partial charge in [0.2, 0.25) is 0 Å². The molecule has 0 radical (unpaired) electrons. The smallest absolute Gasteiger partial charge is 0.255 e. The van der Waals surface area contributed by atoms with Gasteiger partial charge in [-0.25, -0.2) is 4.98 Å².